The van der Waals surface area contributed by atoms with Crippen LogP contribution in [0.25, 0.3) is 20.0 Å². The first kappa shape index (κ1) is 14.7. The largest absolute Gasteiger partial charge is 0.462 e. The molecule has 0 unspecified atom stereocenters. The maximum atomic E-state index is 11.7. The Kier molecular flexibility index (Phi) is 3.92. The lowest BCUT2D eigenvalue weighted by molar-refractivity contribution is 0.0532. The average Bonchev–Trinajstić information content (AvgIpc) is 3.12. The third-order valence-electron chi connectivity index (χ3n) is 3.07. The van der Waals surface area contributed by atoms with Crippen LogP contribution in [0, 0.1) is 18.3 Å². The van der Waals surface area contributed by atoms with Gasteiger partial charge in [-0.15, -0.1) is 22.7 Å². The van der Waals surface area contributed by atoms with Crippen molar-refractivity contribution in [1.29, 1.82) is 5.26 Å². The molecular formula is C16H12N2O2S2. The monoisotopic (exact) mass is 328 g/mol. The molecule has 0 spiro atoms. The first-order valence-electron chi connectivity index (χ1n) is 6.70. The molecule has 0 fully saturated rings. The first-order chi connectivity index (χ1) is 10.6. The van der Waals surface area contributed by atoms with E-state index in [2.05, 4.69) is 17.1 Å². The second-order valence-electron chi connectivity index (χ2n) is 4.70. The number of fused-ring (bicyclic) bond motifs is 1. The summed E-state index contributed by atoms with van der Waals surface area (Å²) in [6.07, 6.45) is 1.54. The molecule has 110 valence electrons. The summed E-state index contributed by atoms with van der Waals surface area (Å²) in [6, 6.07) is 8.19. The van der Waals surface area contributed by atoms with Gasteiger partial charge in [0.15, 0.2) is 0 Å². The summed E-state index contributed by atoms with van der Waals surface area (Å²) in [4.78, 5) is 17.5. The molecule has 3 rings (SSSR count). The number of thiophene rings is 1. The summed E-state index contributed by atoms with van der Waals surface area (Å²) in [5, 5.41) is 11.1. The maximum Gasteiger partial charge on any atom is 0.349 e. The Morgan fingerprint density at radius 1 is 1.36 bits per heavy atom. The zero-order valence-corrected chi connectivity index (χ0v) is 13.7. The topological polar surface area (TPSA) is 63.0 Å². The minimum absolute atomic E-state index is 0.346. The molecular weight excluding hydrogens is 316 g/mol. The van der Waals surface area contributed by atoms with Gasteiger partial charge < -0.3 is 4.74 Å². The Bertz CT molecular complexity index is 903. The fourth-order valence-electron chi connectivity index (χ4n) is 2.18. The smallest absolute Gasteiger partial charge is 0.349 e. The van der Waals surface area contributed by atoms with E-state index in [4.69, 9.17) is 4.74 Å². The molecule has 0 radical (unpaired) electrons. The quantitative estimate of drug-likeness (QED) is 0.669. The molecule has 0 saturated heterocycles. The van der Waals surface area contributed by atoms with Crippen LogP contribution in [0.3, 0.4) is 0 Å². The van der Waals surface area contributed by atoms with E-state index >= 15 is 0 Å². The molecule has 6 heteroatoms. The molecule has 0 atom stereocenters. The molecule has 2 heterocycles. The minimum Gasteiger partial charge on any atom is -0.462 e. The Hall–Kier alpha value is -2.23. The number of nitriles is 1. The van der Waals surface area contributed by atoms with Crippen molar-refractivity contribution in [1.82, 2.24) is 4.98 Å². The van der Waals surface area contributed by atoms with Crippen LogP contribution in [0.2, 0.25) is 0 Å². The highest BCUT2D eigenvalue weighted by Gasteiger charge is 2.15. The fraction of sp³-hybridized carbons (Fsp3) is 0.188. The lowest BCUT2D eigenvalue weighted by atomic mass is 10.1. The van der Waals surface area contributed by atoms with E-state index in [1.165, 1.54) is 22.7 Å². The van der Waals surface area contributed by atoms with E-state index in [0.717, 1.165) is 25.5 Å². The van der Waals surface area contributed by atoms with Gasteiger partial charge in [0.1, 0.15) is 16.0 Å². The molecule has 22 heavy (non-hydrogen) atoms. The van der Waals surface area contributed by atoms with Gasteiger partial charge in [0, 0.05) is 0 Å². The van der Waals surface area contributed by atoms with Crippen LogP contribution in [0.15, 0.2) is 24.4 Å². The number of ether oxygens (including phenoxy) is 1. The van der Waals surface area contributed by atoms with Gasteiger partial charge in [-0.05, 0) is 36.9 Å². The van der Waals surface area contributed by atoms with Crippen molar-refractivity contribution in [2.45, 2.75) is 13.8 Å². The van der Waals surface area contributed by atoms with E-state index in [1.807, 2.05) is 19.1 Å². The number of aromatic nitrogens is 1. The Labute approximate surface area is 135 Å². The summed E-state index contributed by atoms with van der Waals surface area (Å²) in [7, 11) is 0. The summed E-state index contributed by atoms with van der Waals surface area (Å²) < 4.78 is 5.93. The normalized spacial score (nSPS) is 10.6. The fourth-order valence-corrected chi connectivity index (χ4v) is 4.14. The zero-order chi connectivity index (χ0) is 15.7. The number of esters is 1. The van der Waals surface area contributed by atoms with Crippen molar-refractivity contribution < 1.29 is 9.53 Å². The van der Waals surface area contributed by atoms with Gasteiger partial charge in [0.05, 0.1) is 27.9 Å². The van der Waals surface area contributed by atoms with Gasteiger partial charge in [-0.25, -0.2) is 9.78 Å². The second kappa shape index (κ2) is 5.87. The van der Waals surface area contributed by atoms with Gasteiger partial charge in [0.25, 0.3) is 0 Å². The lowest BCUT2D eigenvalue weighted by Gasteiger charge is -1.95. The molecule has 0 aliphatic carbocycles. The number of carbonyl (C=O) groups is 1. The van der Waals surface area contributed by atoms with Crippen LogP contribution >= 0.6 is 22.7 Å². The highest BCUT2D eigenvalue weighted by atomic mass is 32.1. The molecule has 0 saturated carbocycles. The zero-order valence-electron chi connectivity index (χ0n) is 12.0. The molecule has 0 N–H and O–H groups in total. The average molecular weight is 328 g/mol. The summed E-state index contributed by atoms with van der Waals surface area (Å²) in [5.74, 6) is -0.346. The highest BCUT2D eigenvalue weighted by molar-refractivity contribution is 7.26. The Morgan fingerprint density at radius 3 is 2.91 bits per heavy atom. The van der Waals surface area contributed by atoms with Crippen molar-refractivity contribution in [3.63, 3.8) is 0 Å². The molecule has 0 amide bonds. The molecule has 1 aromatic carbocycles. The number of thiazole rings is 1. The van der Waals surface area contributed by atoms with Crippen LogP contribution in [0.1, 0.15) is 27.7 Å². The third-order valence-corrected chi connectivity index (χ3v) is 5.40. The predicted octanol–water partition coefficient (Wildman–Crippen LogP) is 4.38. The van der Waals surface area contributed by atoms with Crippen molar-refractivity contribution in [3.05, 3.63) is 40.4 Å². The molecule has 0 aliphatic rings. The molecule has 3 aromatic rings. The molecule has 0 aliphatic heterocycles. The minimum atomic E-state index is -0.346. The summed E-state index contributed by atoms with van der Waals surface area (Å²) in [5.41, 5.74) is 1.73. The van der Waals surface area contributed by atoms with Crippen LogP contribution in [-0.4, -0.2) is 17.6 Å². The van der Waals surface area contributed by atoms with E-state index in [1.54, 1.807) is 13.1 Å². The second-order valence-corrected chi connectivity index (χ2v) is 6.79. The Balaban J connectivity index is 2.04. The van der Waals surface area contributed by atoms with Crippen molar-refractivity contribution in [3.8, 4) is 16.0 Å². The standard InChI is InChI=1S/C16H12N2O2S2/c1-3-20-16(19)13-8-18-15(22-13)12-6-10-4-9(2)5-11(7-17)14(10)21-12/h4-6,8H,3H2,1-2H3. The maximum absolute atomic E-state index is 11.7. The van der Waals surface area contributed by atoms with Gasteiger partial charge in [0.2, 0.25) is 0 Å². The van der Waals surface area contributed by atoms with E-state index in [0.29, 0.717) is 17.0 Å². The molecule has 0 bridgehead atoms. The number of nitrogens with zero attached hydrogens (tertiary/aromatic N) is 2. The number of hydrogen-bond acceptors (Lipinski definition) is 6. The van der Waals surface area contributed by atoms with Crippen LogP contribution in [-0.2, 0) is 4.74 Å². The third kappa shape index (κ3) is 2.61. The number of aryl methyl sites for hydroxylation is 1. The van der Waals surface area contributed by atoms with E-state index < -0.39 is 0 Å². The van der Waals surface area contributed by atoms with Crippen molar-refractivity contribution in [2.24, 2.45) is 0 Å². The lowest BCUT2D eigenvalue weighted by Crippen LogP contribution is -2.01. The molecule has 4 nitrogen and oxygen atoms in total. The van der Waals surface area contributed by atoms with E-state index in [9.17, 15) is 10.1 Å². The Morgan fingerprint density at radius 2 is 2.18 bits per heavy atom. The number of carbonyl (C=O) groups excluding carboxylic acids is 1. The molecule has 2 aromatic heterocycles. The van der Waals surface area contributed by atoms with Crippen LogP contribution in [0.5, 0.6) is 0 Å². The number of hydrogen-bond donors (Lipinski definition) is 0. The predicted molar refractivity (Wildman–Crippen MR) is 88.3 cm³/mol. The van der Waals surface area contributed by atoms with Gasteiger partial charge >= 0.3 is 5.97 Å². The van der Waals surface area contributed by atoms with Crippen LogP contribution in [0.4, 0.5) is 0 Å². The SMILES string of the molecule is CCOC(=O)c1cnc(-c2cc3cc(C)cc(C#N)c3s2)s1. The number of benzene rings is 1. The van der Waals surface area contributed by atoms with Crippen molar-refractivity contribution in [2.75, 3.05) is 6.61 Å². The van der Waals surface area contributed by atoms with Gasteiger partial charge in [-0.1, -0.05) is 6.07 Å². The van der Waals surface area contributed by atoms with Crippen molar-refractivity contribution >= 4 is 38.7 Å². The highest BCUT2D eigenvalue weighted by Crippen LogP contribution is 2.37. The van der Waals surface area contributed by atoms with Gasteiger partial charge in [-0.3, -0.25) is 0 Å². The van der Waals surface area contributed by atoms with Gasteiger partial charge in [-0.2, -0.15) is 5.26 Å². The first-order valence-corrected chi connectivity index (χ1v) is 8.33. The number of rotatable bonds is 3. The summed E-state index contributed by atoms with van der Waals surface area (Å²) >= 11 is 2.83. The summed E-state index contributed by atoms with van der Waals surface area (Å²) in [6.45, 7) is 4.09. The van der Waals surface area contributed by atoms with Crippen LogP contribution < -0.4 is 0 Å². The van der Waals surface area contributed by atoms with E-state index in [-0.39, 0.29) is 5.97 Å².